The van der Waals surface area contributed by atoms with Gasteiger partial charge in [-0.3, -0.25) is 10.1 Å². The lowest BCUT2D eigenvalue weighted by molar-refractivity contribution is -0.123. The quantitative estimate of drug-likeness (QED) is 0.669. The Morgan fingerprint density at radius 2 is 1.74 bits per heavy atom. The van der Waals surface area contributed by atoms with Gasteiger partial charge >= 0.3 is 18.0 Å². The highest BCUT2D eigenvalue weighted by atomic mass is 16.5. The summed E-state index contributed by atoms with van der Waals surface area (Å²) in [5.41, 5.74) is 1.15. The zero-order chi connectivity index (χ0) is 20.0. The van der Waals surface area contributed by atoms with Gasteiger partial charge in [-0.25, -0.2) is 14.4 Å². The molecule has 1 aromatic rings. The SMILES string of the molecule is COC(=O)c1c(C)[nH]c(C(=O)OCC(=O)NC(=O)NC2CCCCC2)c1C. The molecule has 0 aliphatic heterocycles. The zero-order valence-corrected chi connectivity index (χ0v) is 15.8. The van der Waals surface area contributed by atoms with Gasteiger partial charge in [0, 0.05) is 11.7 Å². The highest BCUT2D eigenvalue weighted by Crippen LogP contribution is 2.19. The van der Waals surface area contributed by atoms with Gasteiger partial charge in [0.25, 0.3) is 5.91 Å². The first kappa shape index (κ1) is 20.5. The van der Waals surface area contributed by atoms with Gasteiger partial charge in [-0.2, -0.15) is 0 Å². The number of nitrogens with one attached hydrogen (secondary N) is 3. The summed E-state index contributed by atoms with van der Waals surface area (Å²) in [6, 6.07) is -0.529. The number of ether oxygens (including phenoxy) is 2. The molecule has 0 bridgehead atoms. The summed E-state index contributed by atoms with van der Waals surface area (Å²) in [5, 5.41) is 4.88. The van der Waals surface area contributed by atoms with Crippen molar-refractivity contribution >= 4 is 23.9 Å². The number of aromatic amines is 1. The molecular formula is C18H25N3O6. The first-order chi connectivity index (χ1) is 12.8. The summed E-state index contributed by atoms with van der Waals surface area (Å²) in [4.78, 5) is 50.3. The van der Waals surface area contributed by atoms with Crippen molar-refractivity contribution in [3.8, 4) is 0 Å². The third-order valence-corrected chi connectivity index (χ3v) is 4.56. The largest absolute Gasteiger partial charge is 0.465 e. The minimum Gasteiger partial charge on any atom is -0.465 e. The van der Waals surface area contributed by atoms with Gasteiger partial charge in [-0.15, -0.1) is 0 Å². The highest BCUT2D eigenvalue weighted by Gasteiger charge is 2.24. The van der Waals surface area contributed by atoms with Crippen molar-refractivity contribution in [2.75, 3.05) is 13.7 Å². The van der Waals surface area contributed by atoms with Gasteiger partial charge < -0.3 is 19.8 Å². The van der Waals surface area contributed by atoms with Crippen LogP contribution in [0.5, 0.6) is 0 Å². The number of methoxy groups -OCH3 is 1. The predicted molar refractivity (Wildman–Crippen MR) is 95.4 cm³/mol. The molecule has 0 aromatic carbocycles. The van der Waals surface area contributed by atoms with Crippen LogP contribution in [0.1, 0.15) is 64.2 Å². The van der Waals surface area contributed by atoms with Crippen molar-refractivity contribution in [2.45, 2.75) is 52.0 Å². The van der Waals surface area contributed by atoms with Crippen LogP contribution < -0.4 is 10.6 Å². The molecular weight excluding hydrogens is 354 g/mol. The van der Waals surface area contributed by atoms with Crippen LogP contribution in [-0.4, -0.2) is 48.6 Å². The number of urea groups is 1. The van der Waals surface area contributed by atoms with Crippen LogP contribution in [0.2, 0.25) is 0 Å². The van der Waals surface area contributed by atoms with Crippen molar-refractivity contribution in [1.29, 1.82) is 0 Å². The molecule has 0 atom stereocenters. The Balaban J connectivity index is 1.85. The Bertz CT molecular complexity index is 734. The Morgan fingerprint density at radius 1 is 1.07 bits per heavy atom. The number of rotatable bonds is 5. The van der Waals surface area contributed by atoms with Gasteiger partial charge in [0.1, 0.15) is 5.69 Å². The van der Waals surface area contributed by atoms with Gasteiger partial charge in [0.2, 0.25) is 0 Å². The molecule has 1 heterocycles. The van der Waals surface area contributed by atoms with Gasteiger partial charge in [0.15, 0.2) is 6.61 Å². The topological polar surface area (TPSA) is 127 Å². The van der Waals surface area contributed by atoms with Crippen molar-refractivity contribution < 1.29 is 28.7 Å². The second-order valence-electron chi connectivity index (χ2n) is 6.55. The van der Waals surface area contributed by atoms with E-state index in [-0.39, 0.29) is 17.3 Å². The number of hydrogen-bond donors (Lipinski definition) is 3. The van der Waals surface area contributed by atoms with Crippen LogP contribution >= 0.6 is 0 Å². The fourth-order valence-electron chi connectivity index (χ4n) is 3.20. The maximum absolute atomic E-state index is 12.2. The lowest BCUT2D eigenvalue weighted by atomic mass is 9.96. The van der Waals surface area contributed by atoms with Crippen molar-refractivity contribution in [2.24, 2.45) is 0 Å². The van der Waals surface area contributed by atoms with E-state index >= 15 is 0 Å². The Hall–Kier alpha value is -2.84. The van der Waals surface area contributed by atoms with Crippen LogP contribution in [0, 0.1) is 13.8 Å². The lowest BCUT2D eigenvalue weighted by Crippen LogP contribution is -2.46. The van der Waals surface area contributed by atoms with Gasteiger partial charge in [-0.1, -0.05) is 19.3 Å². The molecule has 0 unspecified atom stereocenters. The fraction of sp³-hybridized carbons (Fsp3) is 0.556. The van der Waals surface area contributed by atoms with E-state index in [0.717, 1.165) is 32.1 Å². The van der Waals surface area contributed by atoms with E-state index in [1.807, 2.05) is 0 Å². The number of carbonyl (C=O) groups excluding carboxylic acids is 4. The molecule has 0 saturated heterocycles. The molecule has 9 heteroatoms. The number of aryl methyl sites for hydroxylation is 1. The molecule has 3 amide bonds. The molecule has 27 heavy (non-hydrogen) atoms. The van der Waals surface area contributed by atoms with Crippen LogP contribution in [0.25, 0.3) is 0 Å². The van der Waals surface area contributed by atoms with E-state index in [1.54, 1.807) is 13.8 Å². The Kier molecular flexibility index (Phi) is 6.98. The third-order valence-electron chi connectivity index (χ3n) is 4.56. The molecule has 1 saturated carbocycles. The highest BCUT2D eigenvalue weighted by molar-refractivity contribution is 6.00. The second-order valence-corrected chi connectivity index (χ2v) is 6.55. The molecule has 1 aromatic heterocycles. The van der Waals surface area contributed by atoms with E-state index in [4.69, 9.17) is 4.74 Å². The number of amides is 3. The third kappa shape index (κ3) is 5.32. The van der Waals surface area contributed by atoms with Crippen LogP contribution in [0.4, 0.5) is 4.79 Å². The van der Waals surface area contributed by atoms with E-state index < -0.39 is 30.5 Å². The molecule has 9 nitrogen and oxygen atoms in total. The summed E-state index contributed by atoms with van der Waals surface area (Å²) in [6.07, 6.45) is 5.05. The molecule has 1 fully saturated rings. The lowest BCUT2D eigenvalue weighted by Gasteiger charge is -2.22. The number of carbonyl (C=O) groups is 4. The monoisotopic (exact) mass is 379 g/mol. The second kappa shape index (κ2) is 9.20. The van der Waals surface area contributed by atoms with E-state index in [0.29, 0.717) is 11.3 Å². The number of hydrogen-bond acceptors (Lipinski definition) is 6. The van der Waals surface area contributed by atoms with Crippen LogP contribution in [0.15, 0.2) is 0 Å². The number of esters is 2. The van der Waals surface area contributed by atoms with Gasteiger partial charge in [-0.05, 0) is 32.3 Å². The summed E-state index contributed by atoms with van der Waals surface area (Å²) < 4.78 is 9.60. The maximum Gasteiger partial charge on any atom is 0.355 e. The molecule has 1 aliphatic rings. The van der Waals surface area contributed by atoms with Crippen molar-refractivity contribution in [3.05, 3.63) is 22.5 Å². The van der Waals surface area contributed by atoms with Gasteiger partial charge in [0.05, 0.1) is 12.7 Å². The average Bonchev–Trinajstić information content (AvgIpc) is 2.94. The van der Waals surface area contributed by atoms with Crippen molar-refractivity contribution in [1.82, 2.24) is 15.6 Å². The summed E-state index contributed by atoms with van der Waals surface area (Å²) in [5.74, 6) is -2.10. The normalized spacial score (nSPS) is 14.3. The van der Waals surface area contributed by atoms with Crippen molar-refractivity contribution in [3.63, 3.8) is 0 Å². The van der Waals surface area contributed by atoms with E-state index in [9.17, 15) is 19.2 Å². The minimum absolute atomic E-state index is 0.0624. The van der Waals surface area contributed by atoms with E-state index in [2.05, 4.69) is 20.4 Å². The number of imide groups is 1. The number of aromatic nitrogens is 1. The minimum atomic E-state index is -0.798. The Morgan fingerprint density at radius 3 is 2.37 bits per heavy atom. The zero-order valence-electron chi connectivity index (χ0n) is 15.8. The molecule has 1 aliphatic carbocycles. The summed E-state index contributed by atoms with van der Waals surface area (Å²) in [6.45, 7) is 2.59. The molecule has 2 rings (SSSR count). The smallest absolute Gasteiger partial charge is 0.355 e. The Labute approximate surface area is 157 Å². The predicted octanol–water partition coefficient (Wildman–Crippen LogP) is 1.73. The van der Waals surface area contributed by atoms with E-state index in [1.165, 1.54) is 7.11 Å². The summed E-state index contributed by atoms with van der Waals surface area (Å²) >= 11 is 0. The molecule has 148 valence electrons. The number of H-pyrrole nitrogens is 1. The van der Waals surface area contributed by atoms with Crippen LogP contribution in [-0.2, 0) is 14.3 Å². The maximum atomic E-state index is 12.2. The average molecular weight is 379 g/mol. The molecule has 0 spiro atoms. The standard InChI is InChI=1S/C18H25N3O6/c1-10-14(16(23)26-3)11(2)19-15(10)17(24)27-9-13(22)21-18(25)20-12-7-5-4-6-8-12/h12,19H,4-9H2,1-3H3,(H2,20,21,22,25). The fourth-order valence-corrected chi connectivity index (χ4v) is 3.20. The first-order valence-electron chi connectivity index (χ1n) is 8.88. The summed E-state index contributed by atoms with van der Waals surface area (Å²) in [7, 11) is 1.24. The molecule has 3 N–H and O–H groups in total. The molecule has 0 radical (unpaired) electrons. The van der Waals surface area contributed by atoms with Crippen LogP contribution in [0.3, 0.4) is 0 Å². The first-order valence-corrected chi connectivity index (χ1v) is 8.88.